The number of rotatable bonds is 4. The molecule has 0 aromatic rings. The number of imide groups is 1. The van der Waals surface area contributed by atoms with E-state index in [4.69, 9.17) is 18.9 Å². The van der Waals surface area contributed by atoms with Crippen LogP contribution < -0.4 is 5.32 Å². The van der Waals surface area contributed by atoms with E-state index < -0.39 is 59.7 Å². The van der Waals surface area contributed by atoms with Gasteiger partial charge in [-0.25, -0.2) is 0 Å². The maximum atomic E-state index is 12.5. The molecule has 1 aliphatic carbocycles. The van der Waals surface area contributed by atoms with Gasteiger partial charge in [0.1, 0.15) is 12.2 Å². The summed E-state index contributed by atoms with van der Waals surface area (Å²) < 4.78 is 21.0. The van der Waals surface area contributed by atoms with Crippen molar-refractivity contribution in [3.8, 4) is 0 Å². The van der Waals surface area contributed by atoms with E-state index in [1.807, 2.05) is 0 Å². The number of fused-ring (bicyclic) bond motifs is 2. The van der Waals surface area contributed by atoms with Crippen LogP contribution >= 0.6 is 0 Å². The highest BCUT2D eigenvalue weighted by Crippen LogP contribution is 2.50. The summed E-state index contributed by atoms with van der Waals surface area (Å²) in [5.41, 5.74) is -1.86. The molecule has 1 saturated carbocycles. The van der Waals surface area contributed by atoms with E-state index in [-0.39, 0.29) is 6.42 Å². The van der Waals surface area contributed by atoms with Crippen LogP contribution in [0.4, 0.5) is 0 Å². The average molecular weight is 357 g/mol. The van der Waals surface area contributed by atoms with Crippen molar-refractivity contribution in [1.82, 2.24) is 5.32 Å². The van der Waals surface area contributed by atoms with Gasteiger partial charge in [0.25, 0.3) is 5.91 Å². The minimum Gasteiger partial charge on any atom is -0.459 e. The van der Waals surface area contributed by atoms with Gasteiger partial charge in [0.05, 0.1) is 5.92 Å². The highest BCUT2D eigenvalue weighted by Gasteiger charge is 2.70. The molecule has 0 spiro atoms. The quantitative estimate of drug-likeness (QED) is 0.506. The van der Waals surface area contributed by atoms with E-state index in [0.29, 0.717) is 0 Å². The summed E-state index contributed by atoms with van der Waals surface area (Å²) >= 11 is 0. The molecule has 1 heterocycles. The number of carbonyl (C=O) groups excluding carboxylic acids is 5. The Bertz CT molecular complexity index is 630. The van der Waals surface area contributed by atoms with E-state index in [0.717, 1.165) is 13.8 Å². The number of nitrogens with one attached hydrogen (secondary N) is 1. The van der Waals surface area contributed by atoms with Crippen molar-refractivity contribution >= 4 is 29.7 Å². The van der Waals surface area contributed by atoms with Gasteiger partial charge in [-0.05, 0) is 0 Å². The maximum absolute atomic E-state index is 12.5. The van der Waals surface area contributed by atoms with Crippen LogP contribution in [0.1, 0.15) is 34.1 Å². The van der Waals surface area contributed by atoms with E-state index in [9.17, 15) is 24.0 Å². The molecule has 2 amide bonds. The van der Waals surface area contributed by atoms with Crippen molar-refractivity contribution in [3.63, 3.8) is 0 Å². The molecular formula is C15H19NO9. The van der Waals surface area contributed by atoms with Crippen molar-refractivity contribution in [2.45, 2.75) is 58.2 Å². The van der Waals surface area contributed by atoms with E-state index in [2.05, 4.69) is 5.32 Å². The number of amides is 2. The zero-order valence-corrected chi connectivity index (χ0v) is 14.2. The number of esters is 3. The maximum Gasteiger partial charge on any atom is 0.304 e. The first kappa shape index (κ1) is 18.8. The Morgan fingerprint density at radius 1 is 0.960 bits per heavy atom. The lowest BCUT2D eigenvalue weighted by molar-refractivity contribution is -0.228. The van der Waals surface area contributed by atoms with Gasteiger partial charge in [-0.3, -0.25) is 29.3 Å². The van der Waals surface area contributed by atoms with Gasteiger partial charge in [0.15, 0.2) is 0 Å². The minimum atomic E-state index is -1.86. The smallest absolute Gasteiger partial charge is 0.304 e. The summed E-state index contributed by atoms with van der Waals surface area (Å²) in [6.45, 7) is 4.57. The Hall–Kier alpha value is -2.49. The Labute approximate surface area is 143 Å². The molecule has 1 N–H and O–H groups in total. The lowest BCUT2D eigenvalue weighted by Gasteiger charge is -2.36. The van der Waals surface area contributed by atoms with Crippen LogP contribution in [0.2, 0.25) is 0 Å². The lowest BCUT2D eigenvalue weighted by atomic mass is 9.94. The molecule has 5 atom stereocenters. The van der Waals surface area contributed by atoms with Gasteiger partial charge in [-0.15, -0.1) is 0 Å². The molecule has 2 fully saturated rings. The lowest BCUT2D eigenvalue weighted by Crippen LogP contribution is -2.59. The van der Waals surface area contributed by atoms with Gasteiger partial charge < -0.3 is 18.9 Å². The molecular weight excluding hydrogens is 338 g/mol. The van der Waals surface area contributed by atoms with Crippen LogP contribution in [0, 0.1) is 5.92 Å². The van der Waals surface area contributed by atoms with Crippen molar-refractivity contribution in [2.75, 3.05) is 0 Å². The van der Waals surface area contributed by atoms with Gasteiger partial charge in [0, 0.05) is 34.1 Å². The minimum absolute atomic E-state index is 0.133. The van der Waals surface area contributed by atoms with Crippen LogP contribution in [0.25, 0.3) is 0 Å². The Morgan fingerprint density at radius 3 is 2.04 bits per heavy atom. The molecule has 0 aromatic carbocycles. The molecule has 1 saturated heterocycles. The Balaban J connectivity index is 2.37. The number of hydrogen-bond donors (Lipinski definition) is 1. The molecule has 138 valence electrons. The van der Waals surface area contributed by atoms with Crippen LogP contribution in [0.15, 0.2) is 0 Å². The SMILES string of the molecule is CC(=O)NC(=O)[C@@]1(OC(C)=O)C[C@@H]2C(OC(C)=O)[C@H]1O[C@H]2OC(C)=O. The molecule has 1 unspecified atom stereocenters. The first-order valence-corrected chi connectivity index (χ1v) is 7.58. The van der Waals surface area contributed by atoms with Crippen LogP contribution in [-0.2, 0) is 42.9 Å². The third kappa shape index (κ3) is 3.63. The number of hydrogen-bond acceptors (Lipinski definition) is 9. The molecule has 25 heavy (non-hydrogen) atoms. The summed E-state index contributed by atoms with van der Waals surface area (Å²) in [6.07, 6.45) is -3.37. The molecule has 10 nitrogen and oxygen atoms in total. The van der Waals surface area contributed by atoms with Crippen LogP contribution in [-0.4, -0.2) is 53.8 Å². The summed E-state index contributed by atoms with van der Waals surface area (Å²) in [4.78, 5) is 57.9. The zero-order chi connectivity index (χ0) is 18.9. The van der Waals surface area contributed by atoms with Gasteiger partial charge >= 0.3 is 17.9 Å². The largest absolute Gasteiger partial charge is 0.459 e. The summed E-state index contributed by atoms with van der Waals surface area (Å²) in [6, 6.07) is 0. The molecule has 2 bridgehead atoms. The van der Waals surface area contributed by atoms with Crippen molar-refractivity contribution in [2.24, 2.45) is 5.92 Å². The predicted molar refractivity (Wildman–Crippen MR) is 77.4 cm³/mol. The van der Waals surface area contributed by atoms with E-state index in [1.54, 1.807) is 0 Å². The van der Waals surface area contributed by atoms with Gasteiger partial charge in [-0.1, -0.05) is 0 Å². The fraction of sp³-hybridized carbons (Fsp3) is 0.667. The van der Waals surface area contributed by atoms with E-state index in [1.165, 1.54) is 13.8 Å². The fourth-order valence-corrected chi connectivity index (χ4v) is 3.27. The second kappa shape index (κ2) is 6.79. The molecule has 10 heteroatoms. The standard InChI is InChI=1S/C15H19NO9/c1-6(17)16-14(21)15(25-9(4)20)5-10-11(22-7(2)18)12(15)24-13(10)23-8(3)19/h10-13H,5H2,1-4H3,(H,16,17,21)/t10-,11?,12-,13-,15-/m1/s1. The zero-order valence-electron chi connectivity index (χ0n) is 14.2. The summed E-state index contributed by atoms with van der Waals surface area (Å²) in [7, 11) is 0. The predicted octanol–water partition coefficient (Wildman–Crippen LogP) is -0.809. The monoisotopic (exact) mass is 357 g/mol. The number of carbonyl (C=O) groups is 5. The van der Waals surface area contributed by atoms with Gasteiger partial charge in [0.2, 0.25) is 17.8 Å². The molecule has 0 aromatic heterocycles. The first-order chi connectivity index (χ1) is 11.6. The van der Waals surface area contributed by atoms with Gasteiger partial charge in [-0.2, -0.15) is 0 Å². The Morgan fingerprint density at radius 2 is 1.56 bits per heavy atom. The van der Waals surface area contributed by atoms with Crippen molar-refractivity contribution in [3.05, 3.63) is 0 Å². The highest BCUT2D eigenvalue weighted by molar-refractivity contribution is 6.00. The van der Waals surface area contributed by atoms with E-state index >= 15 is 0 Å². The fourth-order valence-electron chi connectivity index (χ4n) is 3.27. The third-order valence-corrected chi connectivity index (χ3v) is 3.93. The second-order valence-corrected chi connectivity index (χ2v) is 5.97. The summed E-state index contributed by atoms with van der Waals surface area (Å²) in [5.74, 6) is -4.31. The molecule has 1 aliphatic heterocycles. The molecule has 0 radical (unpaired) electrons. The normalized spacial score (nSPS) is 32.6. The summed E-state index contributed by atoms with van der Waals surface area (Å²) in [5, 5.41) is 2.06. The average Bonchev–Trinajstić information content (AvgIpc) is 2.88. The third-order valence-electron chi connectivity index (χ3n) is 3.93. The van der Waals surface area contributed by atoms with Crippen molar-refractivity contribution < 1.29 is 42.9 Å². The second-order valence-electron chi connectivity index (χ2n) is 5.97. The Kier molecular flexibility index (Phi) is 5.12. The molecule has 2 aliphatic rings. The number of ether oxygens (including phenoxy) is 4. The highest BCUT2D eigenvalue weighted by atomic mass is 16.7. The van der Waals surface area contributed by atoms with Crippen LogP contribution in [0.5, 0.6) is 0 Å². The topological polar surface area (TPSA) is 134 Å². The first-order valence-electron chi connectivity index (χ1n) is 7.58. The molecule has 2 rings (SSSR count). The van der Waals surface area contributed by atoms with Crippen LogP contribution in [0.3, 0.4) is 0 Å². The van der Waals surface area contributed by atoms with Crippen molar-refractivity contribution in [1.29, 1.82) is 0 Å².